The number of carbonyl (C=O) groups excluding carboxylic acids is 2. The summed E-state index contributed by atoms with van der Waals surface area (Å²) in [6.45, 7) is 5.67. The first kappa shape index (κ1) is 21.5. The van der Waals surface area contributed by atoms with Crippen molar-refractivity contribution in [2.24, 2.45) is 28.6 Å². The minimum atomic E-state index is -1.20. The van der Waals surface area contributed by atoms with Crippen molar-refractivity contribution in [1.29, 1.82) is 0 Å². The third-order valence-electron chi connectivity index (χ3n) is 9.37. The highest BCUT2D eigenvalue weighted by atomic mass is 16.7. The maximum atomic E-state index is 13.2. The smallest absolute Gasteiger partial charge is 0.193 e. The largest absolute Gasteiger partial charge is 0.393 e. The molecule has 9 atom stereocenters. The fraction of sp³-hybridized carbons (Fsp3) is 0.760. The van der Waals surface area contributed by atoms with Gasteiger partial charge in [0.05, 0.1) is 12.2 Å². The lowest BCUT2D eigenvalue weighted by molar-refractivity contribution is -0.200. The van der Waals surface area contributed by atoms with Crippen LogP contribution in [0.4, 0.5) is 0 Å². The third-order valence-corrected chi connectivity index (χ3v) is 9.37. The van der Waals surface area contributed by atoms with Crippen LogP contribution in [0, 0.1) is 28.6 Å². The predicted octanol–water partition coefficient (Wildman–Crippen LogP) is 2.72. The van der Waals surface area contributed by atoms with Gasteiger partial charge in [-0.15, -0.1) is 0 Å². The minimum Gasteiger partial charge on any atom is -0.393 e. The van der Waals surface area contributed by atoms with Crippen LogP contribution in [-0.2, 0) is 19.1 Å². The summed E-state index contributed by atoms with van der Waals surface area (Å²) >= 11 is 0. The van der Waals surface area contributed by atoms with Gasteiger partial charge >= 0.3 is 0 Å². The van der Waals surface area contributed by atoms with Crippen LogP contribution in [0.15, 0.2) is 23.8 Å². The molecule has 1 aliphatic heterocycles. The van der Waals surface area contributed by atoms with Crippen molar-refractivity contribution in [3.05, 3.63) is 23.8 Å². The average Bonchev–Trinajstić information content (AvgIpc) is 3.20. The van der Waals surface area contributed by atoms with Crippen LogP contribution in [0.2, 0.25) is 0 Å². The maximum absolute atomic E-state index is 13.2. The first-order valence-electron chi connectivity index (χ1n) is 11.8. The Labute approximate surface area is 183 Å². The quantitative estimate of drug-likeness (QED) is 0.712. The first-order valence-corrected chi connectivity index (χ1v) is 11.8. The fourth-order valence-electron chi connectivity index (χ4n) is 8.12. The molecule has 0 bridgehead atoms. The van der Waals surface area contributed by atoms with Gasteiger partial charge in [0.25, 0.3) is 0 Å². The molecule has 5 aliphatic rings. The van der Waals surface area contributed by atoms with E-state index < -0.39 is 36.1 Å². The van der Waals surface area contributed by atoms with Crippen LogP contribution in [0.25, 0.3) is 0 Å². The number of ether oxygens (including phenoxy) is 2. The molecule has 4 fully saturated rings. The van der Waals surface area contributed by atoms with Crippen molar-refractivity contribution in [3.63, 3.8) is 0 Å². The highest BCUT2D eigenvalue weighted by Gasteiger charge is 2.75. The average molecular weight is 431 g/mol. The van der Waals surface area contributed by atoms with Crippen molar-refractivity contribution in [2.75, 3.05) is 6.61 Å². The molecule has 5 rings (SSSR count). The second-order valence-electron chi connectivity index (χ2n) is 10.7. The van der Waals surface area contributed by atoms with Crippen molar-refractivity contribution >= 4 is 11.6 Å². The Hall–Kier alpha value is -1.34. The summed E-state index contributed by atoms with van der Waals surface area (Å²) in [7, 11) is 0. The van der Waals surface area contributed by atoms with Gasteiger partial charge in [0.1, 0.15) is 6.61 Å². The van der Waals surface area contributed by atoms with E-state index in [1.54, 1.807) is 12.2 Å². The van der Waals surface area contributed by atoms with E-state index in [1.807, 2.05) is 6.08 Å². The molecule has 6 heteroatoms. The van der Waals surface area contributed by atoms with E-state index in [0.29, 0.717) is 19.3 Å². The zero-order chi connectivity index (χ0) is 22.2. The van der Waals surface area contributed by atoms with Crippen LogP contribution in [0.5, 0.6) is 0 Å². The molecule has 0 aromatic rings. The number of allylic oxidation sites excluding steroid dienone is 4. The van der Waals surface area contributed by atoms with Crippen LogP contribution >= 0.6 is 0 Å². The minimum absolute atomic E-state index is 0.0125. The topological polar surface area (TPSA) is 93.1 Å². The van der Waals surface area contributed by atoms with Gasteiger partial charge in [-0.3, -0.25) is 9.59 Å². The molecule has 4 aliphatic carbocycles. The van der Waals surface area contributed by atoms with Crippen LogP contribution in [0.3, 0.4) is 0 Å². The van der Waals surface area contributed by atoms with Crippen LogP contribution < -0.4 is 0 Å². The van der Waals surface area contributed by atoms with Crippen molar-refractivity contribution in [1.82, 2.24) is 0 Å². The normalized spacial score (nSPS) is 50.4. The van der Waals surface area contributed by atoms with Crippen molar-refractivity contribution < 1.29 is 29.3 Å². The second kappa shape index (κ2) is 7.08. The molecule has 0 spiro atoms. The van der Waals surface area contributed by atoms with Crippen molar-refractivity contribution in [2.45, 2.75) is 83.4 Å². The molecule has 1 saturated heterocycles. The summed E-state index contributed by atoms with van der Waals surface area (Å²) in [5.74, 6) is 0.0274. The lowest BCUT2D eigenvalue weighted by Crippen LogP contribution is -2.63. The third kappa shape index (κ3) is 2.65. The standard InChI is InChI=1S/C25H34O6/c1-4-5-21-30-20-11-17-16-7-6-14-10-15(27)8-9-23(14,2)22(16)18(28)12-24(17,3)25(20,31-21)19(29)13-26/h8-10,16-18,20-22,26,28H,4-7,11-13H2,1-3H3/t16?,17?,18?,20-,21+,22?,23-,24-,25+/m0/s1. The lowest BCUT2D eigenvalue weighted by Gasteiger charge is -2.59. The Bertz CT molecular complexity index is 862. The van der Waals surface area contributed by atoms with Crippen LogP contribution in [0.1, 0.15) is 59.3 Å². The molecule has 1 heterocycles. The summed E-state index contributed by atoms with van der Waals surface area (Å²) in [5.41, 5.74) is -1.05. The van der Waals surface area contributed by atoms with Gasteiger partial charge in [-0.25, -0.2) is 0 Å². The van der Waals surface area contributed by atoms with E-state index in [4.69, 9.17) is 9.47 Å². The van der Waals surface area contributed by atoms with Gasteiger partial charge in [-0.1, -0.05) is 38.8 Å². The zero-order valence-corrected chi connectivity index (χ0v) is 18.7. The van der Waals surface area contributed by atoms with Crippen molar-refractivity contribution in [3.8, 4) is 0 Å². The van der Waals surface area contributed by atoms with E-state index in [-0.39, 0.29) is 34.7 Å². The number of aliphatic hydroxyl groups excluding tert-OH is 2. The van der Waals surface area contributed by atoms with E-state index in [9.17, 15) is 19.8 Å². The van der Waals surface area contributed by atoms with E-state index in [1.165, 1.54) is 0 Å². The molecule has 0 aromatic carbocycles. The van der Waals surface area contributed by atoms with Gasteiger partial charge in [0.2, 0.25) is 0 Å². The maximum Gasteiger partial charge on any atom is 0.193 e. The van der Waals surface area contributed by atoms with E-state index in [2.05, 4.69) is 20.8 Å². The Morgan fingerprint density at radius 1 is 1.32 bits per heavy atom. The SMILES string of the molecule is CCC[C@@H]1O[C@H]2CC3C4CCC5=CC(=O)C=C[C@]5(C)C4C(O)C[C@]3(C)[C@]2(C(=O)CO)O1. The number of carbonyl (C=O) groups is 2. The Morgan fingerprint density at radius 3 is 2.81 bits per heavy atom. The van der Waals surface area contributed by atoms with Gasteiger partial charge in [-0.2, -0.15) is 0 Å². The van der Waals surface area contributed by atoms with Gasteiger partial charge < -0.3 is 19.7 Å². The molecule has 2 N–H and O–H groups in total. The number of hydrogen-bond donors (Lipinski definition) is 2. The Kier molecular flexibility index (Phi) is 4.91. The molecule has 0 radical (unpaired) electrons. The molecule has 0 aromatic heterocycles. The second-order valence-corrected chi connectivity index (χ2v) is 10.7. The van der Waals surface area contributed by atoms with Gasteiger partial charge in [0.15, 0.2) is 23.5 Å². The van der Waals surface area contributed by atoms with Gasteiger partial charge in [0, 0.05) is 16.7 Å². The summed E-state index contributed by atoms with van der Waals surface area (Å²) in [6, 6.07) is 0. The fourth-order valence-corrected chi connectivity index (χ4v) is 8.12. The number of fused-ring (bicyclic) bond motifs is 7. The molecule has 6 nitrogen and oxygen atoms in total. The molecular weight excluding hydrogens is 396 g/mol. The summed E-state index contributed by atoms with van der Waals surface area (Å²) < 4.78 is 12.7. The Balaban J connectivity index is 1.55. The number of rotatable bonds is 4. The lowest BCUT2D eigenvalue weighted by atomic mass is 9.46. The molecule has 0 amide bonds. The van der Waals surface area contributed by atoms with Crippen LogP contribution in [-0.4, -0.2) is 52.5 Å². The first-order chi connectivity index (χ1) is 14.7. The van der Waals surface area contributed by atoms with Gasteiger partial charge in [-0.05, 0) is 56.1 Å². The molecule has 170 valence electrons. The number of Topliss-reactive ketones (excluding diaryl/α,β-unsaturated/α-hetero) is 1. The monoisotopic (exact) mass is 430 g/mol. The highest BCUT2D eigenvalue weighted by Crippen LogP contribution is 2.69. The molecule has 31 heavy (non-hydrogen) atoms. The van der Waals surface area contributed by atoms with E-state index >= 15 is 0 Å². The van der Waals surface area contributed by atoms with E-state index in [0.717, 1.165) is 24.8 Å². The zero-order valence-electron chi connectivity index (χ0n) is 18.7. The predicted molar refractivity (Wildman–Crippen MR) is 113 cm³/mol. The summed E-state index contributed by atoms with van der Waals surface area (Å²) in [5, 5.41) is 21.4. The summed E-state index contributed by atoms with van der Waals surface area (Å²) in [4.78, 5) is 25.2. The molecule has 3 saturated carbocycles. The summed E-state index contributed by atoms with van der Waals surface area (Å²) in [6.07, 6.45) is 8.31. The molecular formula is C25H34O6. The molecule has 4 unspecified atom stereocenters. The number of hydrogen-bond acceptors (Lipinski definition) is 6. The highest BCUT2D eigenvalue weighted by molar-refractivity contribution is 6.01. The number of ketones is 2. The number of aliphatic hydroxyl groups is 2. The Morgan fingerprint density at radius 2 is 2.10 bits per heavy atom.